The Morgan fingerprint density at radius 2 is 2.16 bits per heavy atom. The number of likely N-dealkylation sites (tertiary alicyclic amines) is 1. The zero-order valence-electron chi connectivity index (χ0n) is 14.5. The smallest absolute Gasteiger partial charge is 0.224 e. The van der Waals surface area contributed by atoms with Gasteiger partial charge in [0.05, 0.1) is 6.42 Å². The highest BCUT2D eigenvalue weighted by Gasteiger charge is 2.30. The molecule has 1 saturated heterocycles. The SMILES string of the molecule is CN1CCC[C@H](NC(=O)Cc2cccnc2)[C@@H]1Cc1cccc(F)c1. The second-order valence-corrected chi connectivity index (χ2v) is 6.74. The lowest BCUT2D eigenvalue weighted by molar-refractivity contribution is -0.121. The minimum Gasteiger partial charge on any atom is -0.351 e. The largest absolute Gasteiger partial charge is 0.351 e. The lowest BCUT2D eigenvalue weighted by Gasteiger charge is -2.39. The van der Waals surface area contributed by atoms with E-state index in [9.17, 15) is 9.18 Å². The fourth-order valence-electron chi connectivity index (χ4n) is 3.54. The minimum atomic E-state index is -0.215. The number of piperidine rings is 1. The monoisotopic (exact) mass is 341 g/mol. The van der Waals surface area contributed by atoms with Crippen molar-refractivity contribution in [3.63, 3.8) is 0 Å². The molecule has 1 aliphatic rings. The lowest BCUT2D eigenvalue weighted by atomic mass is 9.91. The van der Waals surface area contributed by atoms with Gasteiger partial charge in [-0.2, -0.15) is 0 Å². The molecule has 0 unspecified atom stereocenters. The van der Waals surface area contributed by atoms with Crippen LogP contribution in [-0.4, -0.2) is 41.5 Å². The van der Waals surface area contributed by atoms with Gasteiger partial charge in [-0.15, -0.1) is 0 Å². The molecule has 0 radical (unpaired) electrons. The van der Waals surface area contributed by atoms with Crippen molar-refractivity contribution >= 4 is 5.91 Å². The molecule has 132 valence electrons. The maximum atomic E-state index is 13.5. The molecule has 0 saturated carbocycles. The van der Waals surface area contributed by atoms with Crippen LogP contribution in [0.5, 0.6) is 0 Å². The summed E-state index contributed by atoms with van der Waals surface area (Å²) in [6.07, 6.45) is 6.48. The van der Waals surface area contributed by atoms with Crippen LogP contribution < -0.4 is 5.32 Å². The summed E-state index contributed by atoms with van der Waals surface area (Å²) in [4.78, 5) is 18.7. The molecular weight excluding hydrogens is 317 g/mol. The van der Waals surface area contributed by atoms with Crippen molar-refractivity contribution in [3.05, 3.63) is 65.7 Å². The second-order valence-electron chi connectivity index (χ2n) is 6.74. The number of pyridine rings is 1. The van der Waals surface area contributed by atoms with Crippen molar-refractivity contribution < 1.29 is 9.18 Å². The highest BCUT2D eigenvalue weighted by Crippen LogP contribution is 2.20. The summed E-state index contributed by atoms with van der Waals surface area (Å²) in [6.45, 7) is 0.995. The summed E-state index contributed by atoms with van der Waals surface area (Å²) in [5, 5.41) is 3.18. The quantitative estimate of drug-likeness (QED) is 0.909. The molecule has 2 aromatic rings. The number of halogens is 1. The Morgan fingerprint density at radius 1 is 1.32 bits per heavy atom. The van der Waals surface area contributed by atoms with Crippen molar-refractivity contribution in [1.82, 2.24) is 15.2 Å². The van der Waals surface area contributed by atoms with E-state index in [-0.39, 0.29) is 23.8 Å². The Balaban J connectivity index is 1.66. The molecule has 5 heteroatoms. The van der Waals surface area contributed by atoms with Crippen molar-refractivity contribution in [2.45, 2.75) is 37.8 Å². The van der Waals surface area contributed by atoms with Crippen LogP contribution in [0.3, 0.4) is 0 Å². The van der Waals surface area contributed by atoms with Gasteiger partial charge < -0.3 is 10.2 Å². The number of carbonyl (C=O) groups is 1. The average molecular weight is 341 g/mol. The summed E-state index contributed by atoms with van der Waals surface area (Å²) in [7, 11) is 2.07. The summed E-state index contributed by atoms with van der Waals surface area (Å²) >= 11 is 0. The van der Waals surface area contributed by atoms with E-state index in [0.717, 1.165) is 36.9 Å². The molecule has 2 atom stereocenters. The van der Waals surface area contributed by atoms with Crippen LogP contribution in [0.4, 0.5) is 4.39 Å². The van der Waals surface area contributed by atoms with E-state index in [1.165, 1.54) is 6.07 Å². The zero-order chi connectivity index (χ0) is 17.6. The third kappa shape index (κ3) is 4.86. The Bertz CT molecular complexity index is 707. The van der Waals surface area contributed by atoms with Gasteiger partial charge in [-0.1, -0.05) is 18.2 Å². The van der Waals surface area contributed by atoms with Crippen LogP contribution in [0.15, 0.2) is 48.8 Å². The maximum absolute atomic E-state index is 13.5. The summed E-state index contributed by atoms with van der Waals surface area (Å²) in [5.41, 5.74) is 1.87. The van der Waals surface area contributed by atoms with Crippen molar-refractivity contribution in [2.75, 3.05) is 13.6 Å². The standard InChI is InChI=1S/C20H24FN3O/c1-24-10-4-8-18(19(24)12-15-5-2-7-17(21)11-15)23-20(25)13-16-6-3-9-22-14-16/h2-3,5-7,9,11,14,18-19H,4,8,10,12-13H2,1H3,(H,23,25)/t18-,19-/m0/s1. The first kappa shape index (κ1) is 17.5. The third-order valence-electron chi connectivity index (χ3n) is 4.82. The number of hydrogen-bond donors (Lipinski definition) is 1. The number of nitrogens with zero attached hydrogens (tertiary/aromatic N) is 2. The van der Waals surface area contributed by atoms with Gasteiger partial charge in [0.15, 0.2) is 0 Å². The van der Waals surface area contributed by atoms with E-state index >= 15 is 0 Å². The van der Waals surface area contributed by atoms with Crippen molar-refractivity contribution in [2.24, 2.45) is 0 Å². The average Bonchev–Trinajstić information content (AvgIpc) is 2.59. The molecule has 2 heterocycles. The number of carbonyl (C=O) groups excluding carboxylic acids is 1. The van der Waals surface area contributed by atoms with Gasteiger partial charge in [0, 0.05) is 24.5 Å². The van der Waals surface area contributed by atoms with E-state index in [0.29, 0.717) is 6.42 Å². The molecule has 0 bridgehead atoms. The molecule has 1 fully saturated rings. The Labute approximate surface area is 148 Å². The molecule has 4 nitrogen and oxygen atoms in total. The molecule has 1 aromatic carbocycles. The van der Waals surface area contributed by atoms with Gasteiger partial charge in [0.2, 0.25) is 5.91 Å². The van der Waals surface area contributed by atoms with Crippen LogP contribution in [0, 0.1) is 5.82 Å². The van der Waals surface area contributed by atoms with Crippen molar-refractivity contribution in [3.8, 4) is 0 Å². The summed E-state index contributed by atoms with van der Waals surface area (Å²) < 4.78 is 13.5. The van der Waals surface area contributed by atoms with E-state index < -0.39 is 0 Å². The Morgan fingerprint density at radius 3 is 2.92 bits per heavy atom. The maximum Gasteiger partial charge on any atom is 0.224 e. The Hall–Kier alpha value is -2.27. The fraction of sp³-hybridized carbons (Fsp3) is 0.400. The molecule has 1 N–H and O–H groups in total. The number of aromatic nitrogens is 1. The number of hydrogen-bond acceptors (Lipinski definition) is 3. The molecule has 1 amide bonds. The van der Waals surface area contributed by atoms with E-state index in [2.05, 4.69) is 22.2 Å². The van der Waals surface area contributed by atoms with Gasteiger partial charge in [-0.25, -0.2) is 4.39 Å². The molecular formula is C20H24FN3O. The molecule has 0 aliphatic carbocycles. The van der Waals surface area contributed by atoms with E-state index in [1.54, 1.807) is 24.5 Å². The highest BCUT2D eigenvalue weighted by atomic mass is 19.1. The predicted octanol–water partition coefficient (Wildman–Crippen LogP) is 2.58. The van der Waals surface area contributed by atoms with E-state index in [1.807, 2.05) is 18.2 Å². The number of rotatable bonds is 5. The first-order valence-corrected chi connectivity index (χ1v) is 8.75. The molecule has 1 aliphatic heterocycles. The fourth-order valence-corrected chi connectivity index (χ4v) is 3.54. The summed E-state index contributed by atoms with van der Waals surface area (Å²) in [5.74, 6) is -0.203. The van der Waals surface area contributed by atoms with Crippen LogP contribution in [0.25, 0.3) is 0 Å². The summed E-state index contributed by atoms with van der Waals surface area (Å²) in [6, 6.07) is 10.7. The van der Waals surface area contributed by atoms with Crippen molar-refractivity contribution in [1.29, 1.82) is 0 Å². The normalized spacial score (nSPS) is 21.0. The van der Waals surface area contributed by atoms with Crippen LogP contribution in [0.1, 0.15) is 24.0 Å². The topological polar surface area (TPSA) is 45.2 Å². The first-order chi connectivity index (χ1) is 12.1. The van der Waals surface area contributed by atoms with Gasteiger partial charge in [-0.05, 0) is 62.2 Å². The minimum absolute atomic E-state index is 0.0116. The first-order valence-electron chi connectivity index (χ1n) is 8.75. The Kier molecular flexibility index (Phi) is 5.76. The number of benzene rings is 1. The van der Waals surface area contributed by atoms with Crippen LogP contribution >= 0.6 is 0 Å². The molecule has 0 spiro atoms. The lowest BCUT2D eigenvalue weighted by Crippen LogP contribution is -2.55. The van der Waals surface area contributed by atoms with Gasteiger partial charge >= 0.3 is 0 Å². The van der Waals surface area contributed by atoms with Gasteiger partial charge in [0.1, 0.15) is 5.82 Å². The zero-order valence-corrected chi connectivity index (χ0v) is 14.5. The molecule has 25 heavy (non-hydrogen) atoms. The van der Waals surface area contributed by atoms with Gasteiger partial charge in [-0.3, -0.25) is 9.78 Å². The van der Waals surface area contributed by atoms with Crippen LogP contribution in [0.2, 0.25) is 0 Å². The number of likely N-dealkylation sites (N-methyl/N-ethyl adjacent to an activating group) is 1. The molecule has 3 rings (SSSR count). The van der Waals surface area contributed by atoms with E-state index in [4.69, 9.17) is 0 Å². The second kappa shape index (κ2) is 8.21. The van der Waals surface area contributed by atoms with Gasteiger partial charge in [0.25, 0.3) is 0 Å². The third-order valence-corrected chi connectivity index (χ3v) is 4.82. The highest BCUT2D eigenvalue weighted by molar-refractivity contribution is 5.78. The van der Waals surface area contributed by atoms with Crippen LogP contribution in [-0.2, 0) is 17.6 Å². The predicted molar refractivity (Wildman–Crippen MR) is 95.6 cm³/mol. The number of nitrogens with one attached hydrogen (secondary N) is 1. The molecule has 1 aromatic heterocycles. The number of amides is 1.